The van der Waals surface area contributed by atoms with Crippen LogP contribution >= 0.6 is 11.6 Å². The molecular weight excluding hydrogens is 302 g/mol. The van der Waals surface area contributed by atoms with Crippen molar-refractivity contribution >= 4 is 23.4 Å². The summed E-state index contributed by atoms with van der Waals surface area (Å²) in [4.78, 5) is 11.8. The van der Waals surface area contributed by atoms with Crippen LogP contribution in [-0.2, 0) is 4.74 Å². The Morgan fingerprint density at radius 1 is 1.41 bits per heavy atom. The monoisotopic (exact) mass is 327 g/mol. The van der Waals surface area contributed by atoms with Gasteiger partial charge in [-0.2, -0.15) is 0 Å². The first-order chi connectivity index (χ1) is 10.1. The Balaban J connectivity index is 2.66. The molecule has 0 saturated heterocycles. The third kappa shape index (κ3) is 6.12. The number of amides is 1. The topological polar surface area (TPSA) is 76.4 Å². The van der Waals surface area contributed by atoms with Gasteiger partial charge in [0.15, 0.2) is 0 Å². The van der Waals surface area contributed by atoms with Crippen LogP contribution in [0.1, 0.15) is 33.3 Å². The summed E-state index contributed by atoms with van der Waals surface area (Å²) >= 11 is 6.12. The minimum absolute atomic E-state index is 0.133. The van der Waals surface area contributed by atoms with E-state index in [2.05, 4.69) is 10.6 Å². The number of rotatable bonds is 5. The number of alkyl carbamates (subject to hydrolysis) is 1. The fourth-order valence-corrected chi connectivity index (χ4v) is 2.06. The average molecular weight is 328 g/mol. The highest BCUT2D eigenvalue weighted by atomic mass is 35.5. The van der Waals surface area contributed by atoms with E-state index in [1.165, 1.54) is 0 Å². The van der Waals surface area contributed by atoms with Gasteiger partial charge in [0.1, 0.15) is 5.60 Å². The molecule has 0 fully saturated rings. The molecule has 5 nitrogen and oxygen atoms in total. The zero-order chi connectivity index (χ0) is 16.9. The fourth-order valence-electron chi connectivity index (χ4n) is 1.88. The number of hydrogen-bond donors (Lipinski definition) is 3. The first kappa shape index (κ1) is 18.6. The summed E-state index contributed by atoms with van der Waals surface area (Å²) < 4.78 is 5.25. The summed E-state index contributed by atoms with van der Waals surface area (Å²) in [7, 11) is 0. The summed E-state index contributed by atoms with van der Waals surface area (Å²) in [6, 6.07) is 5.39. The van der Waals surface area contributed by atoms with Crippen molar-refractivity contribution in [3.63, 3.8) is 0 Å². The fraction of sp³-hybridized carbons (Fsp3) is 0.562. The van der Waals surface area contributed by atoms with Crippen molar-refractivity contribution in [1.82, 2.24) is 5.32 Å². The van der Waals surface area contributed by atoms with Gasteiger partial charge in [-0.1, -0.05) is 17.7 Å². The van der Waals surface area contributed by atoms with Crippen molar-refractivity contribution in [2.45, 2.75) is 52.3 Å². The van der Waals surface area contributed by atoms with Crippen LogP contribution in [0.25, 0.3) is 0 Å². The largest absolute Gasteiger partial charge is 0.444 e. The third-order valence-electron chi connectivity index (χ3n) is 3.13. The Labute approximate surface area is 137 Å². The van der Waals surface area contributed by atoms with Gasteiger partial charge in [-0.25, -0.2) is 4.79 Å². The molecule has 6 heteroatoms. The number of nitrogens with one attached hydrogen (secondary N) is 2. The molecule has 124 valence electrons. The number of hydrogen-bond acceptors (Lipinski definition) is 4. The maximum Gasteiger partial charge on any atom is 0.407 e. The maximum atomic E-state index is 11.8. The second kappa shape index (κ2) is 7.70. The molecule has 2 unspecified atom stereocenters. The second-order valence-electron chi connectivity index (χ2n) is 6.39. The van der Waals surface area contributed by atoms with Crippen molar-refractivity contribution in [2.75, 3.05) is 11.9 Å². The van der Waals surface area contributed by atoms with Crippen LogP contribution < -0.4 is 16.4 Å². The predicted molar refractivity (Wildman–Crippen MR) is 91.5 cm³/mol. The number of aryl methyl sites for hydroxylation is 1. The normalized spacial score (nSPS) is 14.1. The first-order valence-corrected chi connectivity index (χ1v) is 7.72. The molecule has 2 atom stereocenters. The highest BCUT2D eigenvalue weighted by molar-refractivity contribution is 6.31. The average Bonchev–Trinajstić information content (AvgIpc) is 2.37. The number of benzene rings is 1. The van der Waals surface area contributed by atoms with E-state index in [0.29, 0.717) is 11.6 Å². The molecule has 0 radical (unpaired) electrons. The Morgan fingerprint density at radius 3 is 2.55 bits per heavy atom. The van der Waals surface area contributed by atoms with Crippen molar-refractivity contribution in [1.29, 1.82) is 0 Å². The summed E-state index contributed by atoms with van der Waals surface area (Å²) in [5, 5.41) is 6.77. The molecule has 1 aromatic rings. The van der Waals surface area contributed by atoms with Crippen LogP contribution in [0, 0.1) is 6.92 Å². The molecule has 0 aliphatic rings. The Kier molecular flexibility index (Phi) is 6.50. The van der Waals surface area contributed by atoms with Gasteiger partial charge in [-0.15, -0.1) is 0 Å². The smallest absolute Gasteiger partial charge is 0.407 e. The number of ether oxygens (including phenoxy) is 1. The highest BCUT2D eigenvalue weighted by Crippen LogP contribution is 2.20. The van der Waals surface area contributed by atoms with Crippen molar-refractivity contribution < 1.29 is 9.53 Å². The van der Waals surface area contributed by atoms with E-state index in [4.69, 9.17) is 22.1 Å². The standard InChI is InChI=1S/C16H26ClN3O2/c1-10-6-7-12(8-13(10)17)20-14(9-18)11(2)19-15(21)22-16(3,4)5/h6-8,11,14,20H,9,18H2,1-5H3,(H,19,21). The molecule has 0 aliphatic heterocycles. The number of anilines is 1. The summed E-state index contributed by atoms with van der Waals surface area (Å²) in [6.07, 6.45) is -0.456. The van der Waals surface area contributed by atoms with Gasteiger partial charge in [0.05, 0.1) is 12.1 Å². The summed E-state index contributed by atoms with van der Waals surface area (Å²) in [5.74, 6) is 0. The van der Waals surface area contributed by atoms with Crippen LogP contribution in [-0.4, -0.2) is 30.3 Å². The first-order valence-electron chi connectivity index (χ1n) is 7.34. The van der Waals surface area contributed by atoms with Crippen molar-refractivity contribution in [3.8, 4) is 0 Å². The maximum absolute atomic E-state index is 11.8. The lowest BCUT2D eigenvalue weighted by molar-refractivity contribution is 0.0504. The third-order valence-corrected chi connectivity index (χ3v) is 3.53. The lowest BCUT2D eigenvalue weighted by Crippen LogP contribution is -2.49. The zero-order valence-electron chi connectivity index (χ0n) is 13.9. The molecule has 1 rings (SSSR count). The van der Waals surface area contributed by atoms with Crippen LogP contribution in [0.3, 0.4) is 0 Å². The molecule has 22 heavy (non-hydrogen) atoms. The molecule has 0 saturated carbocycles. The number of halogens is 1. The van der Waals surface area contributed by atoms with Crippen LogP contribution in [0.15, 0.2) is 18.2 Å². The Bertz CT molecular complexity index is 515. The molecule has 0 aromatic heterocycles. The molecule has 4 N–H and O–H groups in total. The van der Waals surface area contributed by atoms with E-state index in [-0.39, 0.29) is 12.1 Å². The molecular formula is C16H26ClN3O2. The Morgan fingerprint density at radius 2 is 2.05 bits per heavy atom. The van der Waals surface area contributed by atoms with E-state index >= 15 is 0 Å². The van der Waals surface area contributed by atoms with Gasteiger partial charge >= 0.3 is 6.09 Å². The van der Waals surface area contributed by atoms with Crippen molar-refractivity contribution in [3.05, 3.63) is 28.8 Å². The van der Waals surface area contributed by atoms with Gasteiger partial charge in [0.2, 0.25) is 0 Å². The lowest BCUT2D eigenvalue weighted by atomic mass is 10.1. The van der Waals surface area contributed by atoms with Gasteiger partial charge in [0.25, 0.3) is 0 Å². The van der Waals surface area contributed by atoms with Gasteiger partial charge in [-0.05, 0) is 52.3 Å². The van der Waals surface area contributed by atoms with Crippen LogP contribution in [0.4, 0.5) is 10.5 Å². The van der Waals surface area contributed by atoms with Crippen molar-refractivity contribution in [2.24, 2.45) is 5.73 Å². The van der Waals surface area contributed by atoms with Gasteiger partial charge in [-0.3, -0.25) is 0 Å². The quantitative estimate of drug-likeness (QED) is 0.775. The van der Waals surface area contributed by atoms with E-state index in [1.807, 2.05) is 52.8 Å². The van der Waals surface area contributed by atoms with Crippen LogP contribution in [0.2, 0.25) is 5.02 Å². The van der Waals surface area contributed by atoms with Gasteiger partial charge < -0.3 is 21.1 Å². The Hall–Kier alpha value is -1.46. The number of carbonyl (C=O) groups excluding carboxylic acids is 1. The number of nitrogens with two attached hydrogens (primary N) is 1. The SMILES string of the molecule is Cc1ccc(NC(CN)C(C)NC(=O)OC(C)(C)C)cc1Cl. The van der Waals surface area contributed by atoms with Crippen LogP contribution in [0.5, 0.6) is 0 Å². The minimum atomic E-state index is -0.528. The van der Waals surface area contributed by atoms with E-state index in [1.54, 1.807) is 0 Å². The van der Waals surface area contributed by atoms with Gasteiger partial charge in [0, 0.05) is 17.3 Å². The van der Waals surface area contributed by atoms with E-state index in [0.717, 1.165) is 11.3 Å². The highest BCUT2D eigenvalue weighted by Gasteiger charge is 2.22. The summed E-state index contributed by atoms with van der Waals surface area (Å²) in [5.41, 5.74) is 7.15. The molecule has 0 spiro atoms. The van der Waals surface area contributed by atoms with E-state index in [9.17, 15) is 4.79 Å². The minimum Gasteiger partial charge on any atom is -0.444 e. The lowest BCUT2D eigenvalue weighted by Gasteiger charge is -2.27. The summed E-state index contributed by atoms with van der Waals surface area (Å²) in [6.45, 7) is 9.66. The molecule has 0 aliphatic carbocycles. The molecule has 0 bridgehead atoms. The predicted octanol–water partition coefficient (Wildman–Crippen LogP) is 3.30. The molecule has 1 amide bonds. The zero-order valence-corrected chi connectivity index (χ0v) is 14.6. The second-order valence-corrected chi connectivity index (χ2v) is 6.79. The molecule has 1 aromatic carbocycles. The molecule has 0 heterocycles. The van der Waals surface area contributed by atoms with E-state index < -0.39 is 11.7 Å². The number of carbonyl (C=O) groups is 1.